The van der Waals surface area contributed by atoms with Gasteiger partial charge in [0.15, 0.2) is 4.90 Å². The van der Waals surface area contributed by atoms with E-state index in [1.807, 2.05) is 6.92 Å². The van der Waals surface area contributed by atoms with Gasteiger partial charge in [-0.15, -0.1) is 0 Å². The molecular formula is C12H17N3O4S. The van der Waals surface area contributed by atoms with Gasteiger partial charge in [-0.1, -0.05) is 12.1 Å². The van der Waals surface area contributed by atoms with Crippen LogP contribution in [0.25, 0.3) is 0 Å². The van der Waals surface area contributed by atoms with E-state index in [0.29, 0.717) is 13.1 Å². The van der Waals surface area contributed by atoms with Gasteiger partial charge >= 0.3 is 0 Å². The zero-order valence-corrected chi connectivity index (χ0v) is 12.1. The highest BCUT2D eigenvalue weighted by Gasteiger charge is 2.36. The van der Waals surface area contributed by atoms with Gasteiger partial charge in [-0.2, -0.15) is 4.31 Å². The summed E-state index contributed by atoms with van der Waals surface area (Å²) in [5.74, 6) is 0. The molecule has 2 rings (SSSR count). The Hall–Kier alpha value is -1.51. The molecule has 0 radical (unpaired) electrons. The van der Waals surface area contributed by atoms with Gasteiger partial charge in [0.2, 0.25) is 10.0 Å². The van der Waals surface area contributed by atoms with Crippen LogP contribution in [0.4, 0.5) is 5.69 Å². The van der Waals surface area contributed by atoms with Gasteiger partial charge in [-0.25, -0.2) is 8.42 Å². The highest BCUT2D eigenvalue weighted by molar-refractivity contribution is 7.89. The Bertz CT molecular complexity index is 617. The number of nitro benzene ring substituents is 1. The highest BCUT2D eigenvalue weighted by Crippen LogP contribution is 2.28. The number of nitrogens with zero attached hydrogens (tertiary/aromatic N) is 2. The fraction of sp³-hybridized carbons (Fsp3) is 0.500. The second kappa shape index (κ2) is 5.47. The molecule has 1 aromatic rings. The normalized spacial score (nSPS) is 24.5. The van der Waals surface area contributed by atoms with Crippen molar-refractivity contribution in [3.05, 3.63) is 34.4 Å². The van der Waals surface area contributed by atoms with E-state index in [4.69, 9.17) is 0 Å². The Morgan fingerprint density at radius 1 is 1.35 bits per heavy atom. The lowest BCUT2D eigenvalue weighted by Crippen LogP contribution is -2.56. The first kappa shape index (κ1) is 14.9. The number of hydrogen-bond donors (Lipinski definition) is 1. The standard InChI is InChI=1S/C12H17N3O4S/c1-9-8-14(10(2)7-13-9)20(18,19)12-6-4-3-5-11(12)15(16)17/h3-6,9-10,13H,7-8H2,1-2H3/t9-,10+/m1/s1. The third-order valence-electron chi connectivity index (χ3n) is 3.36. The second-order valence-corrected chi connectivity index (χ2v) is 6.82. The van der Waals surface area contributed by atoms with Crippen molar-refractivity contribution in [2.75, 3.05) is 13.1 Å². The maximum absolute atomic E-state index is 12.7. The molecule has 1 aromatic carbocycles. The Kier molecular flexibility index (Phi) is 4.07. The van der Waals surface area contributed by atoms with Crippen LogP contribution in [0.2, 0.25) is 0 Å². The lowest BCUT2D eigenvalue weighted by atomic mass is 10.2. The number of benzene rings is 1. The molecule has 0 amide bonds. The van der Waals surface area contributed by atoms with E-state index in [1.165, 1.54) is 28.6 Å². The lowest BCUT2D eigenvalue weighted by Gasteiger charge is -2.36. The van der Waals surface area contributed by atoms with E-state index < -0.39 is 14.9 Å². The van der Waals surface area contributed by atoms with E-state index in [0.717, 1.165) is 0 Å². The molecule has 1 fully saturated rings. The smallest absolute Gasteiger partial charge is 0.289 e. The molecule has 0 saturated carbocycles. The molecular weight excluding hydrogens is 282 g/mol. The highest BCUT2D eigenvalue weighted by atomic mass is 32.2. The zero-order chi connectivity index (χ0) is 14.9. The summed E-state index contributed by atoms with van der Waals surface area (Å²) in [6.45, 7) is 4.50. The lowest BCUT2D eigenvalue weighted by molar-refractivity contribution is -0.387. The molecule has 1 saturated heterocycles. The fourth-order valence-corrected chi connectivity index (χ4v) is 4.15. The molecule has 0 bridgehead atoms. The average Bonchev–Trinajstić information content (AvgIpc) is 2.41. The van der Waals surface area contributed by atoms with Gasteiger partial charge in [-0.3, -0.25) is 10.1 Å². The van der Waals surface area contributed by atoms with Gasteiger partial charge in [0.1, 0.15) is 0 Å². The first-order valence-corrected chi connectivity index (χ1v) is 7.76. The summed E-state index contributed by atoms with van der Waals surface area (Å²) in [5.41, 5.74) is -0.383. The van der Waals surface area contributed by atoms with Crippen LogP contribution < -0.4 is 5.32 Å². The minimum Gasteiger partial charge on any atom is -0.311 e. The molecule has 8 heteroatoms. The largest absolute Gasteiger partial charge is 0.311 e. The predicted octanol–water partition coefficient (Wildman–Crippen LogP) is 0.966. The minimum absolute atomic E-state index is 0.0174. The first-order valence-electron chi connectivity index (χ1n) is 6.32. The van der Waals surface area contributed by atoms with E-state index in [-0.39, 0.29) is 22.7 Å². The van der Waals surface area contributed by atoms with Crippen LogP contribution in [-0.4, -0.2) is 42.8 Å². The van der Waals surface area contributed by atoms with Gasteiger partial charge in [-0.05, 0) is 19.9 Å². The molecule has 2 atom stereocenters. The molecule has 1 N–H and O–H groups in total. The van der Waals surface area contributed by atoms with E-state index in [1.54, 1.807) is 6.92 Å². The monoisotopic (exact) mass is 299 g/mol. The average molecular weight is 299 g/mol. The van der Waals surface area contributed by atoms with Crippen LogP contribution in [0.3, 0.4) is 0 Å². The zero-order valence-electron chi connectivity index (χ0n) is 11.3. The fourth-order valence-electron chi connectivity index (χ4n) is 2.28. The number of nitrogens with one attached hydrogen (secondary N) is 1. The topological polar surface area (TPSA) is 92.5 Å². The van der Waals surface area contributed by atoms with Crippen molar-refractivity contribution in [3.8, 4) is 0 Å². The number of hydrogen-bond acceptors (Lipinski definition) is 5. The van der Waals surface area contributed by atoms with Crippen molar-refractivity contribution < 1.29 is 13.3 Å². The number of nitro groups is 1. The third-order valence-corrected chi connectivity index (χ3v) is 5.38. The molecule has 1 heterocycles. The Labute approximate surface area is 117 Å². The van der Waals surface area contributed by atoms with Crippen LogP contribution in [0.1, 0.15) is 13.8 Å². The summed E-state index contributed by atoms with van der Waals surface area (Å²) in [5, 5.41) is 14.2. The second-order valence-electron chi connectivity index (χ2n) is 4.96. The van der Waals surface area contributed by atoms with Crippen molar-refractivity contribution in [2.24, 2.45) is 0 Å². The SMILES string of the molecule is C[C@@H]1CN(S(=O)(=O)c2ccccc2[N+](=O)[O-])[C@@H](C)CN1. The molecule has 20 heavy (non-hydrogen) atoms. The molecule has 0 aliphatic carbocycles. The van der Waals surface area contributed by atoms with Crippen LogP contribution in [0.5, 0.6) is 0 Å². The number of para-hydroxylation sites is 1. The Morgan fingerprint density at radius 3 is 2.65 bits per heavy atom. The molecule has 1 aliphatic heterocycles. The third kappa shape index (κ3) is 2.67. The summed E-state index contributed by atoms with van der Waals surface area (Å²) in [6, 6.07) is 5.23. The van der Waals surface area contributed by atoms with Gasteiger partial charge in [0, 0.05) is 31.2 Å². The minimum atomic E-state index is -3.87. The number of sulfonamides is 1. The van der Waals surface area contributed by atoms with Gasteiger partial charge in [0.05, 0.1) is 4.92 Å². The summed E-state index contributed by atoms with van der Waals surface area (Å²) in [6.07, 6.45) is 0. The summed E-state index contributed by atoms with van der Waals surface area (Å²) < 4.78 is 26.7. The van der Waals surface area contributed by atoms with Crippen molar-refractivity contribution in [2.45, 2.75) is 30.8 Å². The Morgan fingerprint density at radius 2 is 2.00 bits per heavy atom. The van der Waals surface area contributed by atoms with E-state index >= 15 is 0 Å². The summed E-state index contributed by atoms with van der Waals surface area (Å²) >= 11 is 0. The predicted molar refractivity (Wildman–Crippen MR) is 73.9 cm³/mol. The van der Waals surface area contributed by atoms with Crippen molar-refractivity contribution in [1.82, 2.24) is 9.62 Å². The Balaban J connectivity index is 2.47. The van der Waals surface area contributed by atoms with Crippen LogP contribution in [-0.2, 0) is 10.0 Å². The van der Waals surface area contributed by atoms with Gasteiger partial charge in [0.25, 0.3) is 5.69 Å². The van der Waals surface area contributed by atoms with Crippen molar-refractivity contribution >= 4 is 15.7 Å². The first-order chi connectivity index (χ1) is 9.34. The van der Waals surface area contributed by atoms with Crippen molar-refractivity contribution in [3.63, 3.8) is 0 Å². The summed E-state index contributed by atoms with van der Waals surface area (Å²) in [4.78, 5) is 10.1. The number of piperazine rings is 1. The molecule has 110 valence electrons. The van der Waals surface area contributed by atoms with E-state index in [9.17, 15) is 18.5 Å². The number of rotatable bonds is 3. The molecule has 1 aliphatic rings. The molecule has 0 unspecified atom stereocenters. The maximum Gasteiger partial charge on any atom is 0.289 e. The van der Waals surface area contributed by atoms with Crippen molar-refractivity contribution in [1.29, 1.82) is 0 Å². The maximum atomic E-state index is 12.7. The quantitative estimate of drug-likeness (QED) is 0.663. The van der Waals surface area contributed by atoms with Crippen LogP contribution in [0, 0.1) is 10.1 Å². The molecule has 0 spiro atoms. The van der Waals surface area contributed by atoms with Crippen LogP contribution in [0.15, 0.2) is 29.2 Å². The van der Waals surface area contributed by atoms with E-state index in [2.05, 4.69) is 5.32 Å². The molecule has 7 nitrogen and oxygen atoms in total. The van der Waals surface area contributed by atoms with Gasteiger partial charge < -0.3 is 5.32 Å². The molecule has 0 aromatic heterocycles. The summed E-state index contributed by atoms with van der Waals surface area (Å²) in [7, 11) is -3.87. The van der Waals surface area contributed by atoms with Crippen LogP contribution >= 0.6 is 0 Å².